The van der Waals surface area contributed by atoms with Gasteiger partial charge in [-0.3, -0.25) is 0 Å². The molecular weight excluding hydrogens is 121 g/mol. The third kappa shape index (κ3) is 1.61. The van der Waals surface area contributed by atoms with Crippen molar-refractivity contribution in [2.24, 2.45) is 5.73 Å². The molecule has 1 aromatic carbocycles. The van der Waals surface area contributed by atoms with Crippen LogP contribution in [0.5, 0.6) is 0 Å². The molecule has 0 saturated carbocycles. The lowest BCUT2D eigenvalue weighted by Gasteiger charge is -2.04. The van der Waals surface area contributed by atoms with Crippen molar-refractivity contribution in [3.05, 3.63) is 29.8 Å². The number of hydrogen-bond donors (Lipinski definition) is 1. The molecule has 0 bridgehead atoms. The summed E-state index contributed by atoms with van der Waals surface area (Å²) in [6, 6.07) is 8.46. The van der Waals surface area contributed by atoms with Crippen molar-refractivity contribution in [2.45, 2.75) is 13.0 Å². The van der Waals surface area contributed by atoms with E-state index in [0.29, 0.717) is 0 Å². The first-order valence-corrected chi connectivity index (χ1v) is 3.52. The smallest absolute Gasteiger partial charge is 0.139 e. The SMILES string of the molecule is Bc1ccc([C@H](C)N)cc1. The number of nitrogens with two attached hydrogens (primary N) is 1. The van der Waals surface area contributed by atoms with Gasteiger partial charge >= 0.3 is 0 Å². The Balaban J connectivity index is 2.89. The van der Waals surface area contributed by atoms with Crippen LogP contribution in [0.1, 0.15) is 18.5 Å². The summed E-state index contributed by atoms with van der Waals surface area (Å²) in [6.45, 7) is 1.99. The highest BCUT2D eigenvalue weighted by Crippen LogP contribution is 2.05. The van der Waals surface area contributed by atoms with Gasteiger partial charge in [0.05, 0.1) is 0 Å². The Hall–Kier alpha value is -0.755. The first-order valence-electron chi connectivity index (χ1n) is 3.52. The third-order valence-electron chi connectivity index (χ3n) is 1.60. The predicted octanol–water partition coefficient (Wildman–Crippen LogP) is -0.0353. The lowest BCUT2D eigenvalue weighted by atomic mass is 9.94. The minimum atomic E-state index is 0.153. The highest BCUT2D eigenvalue weighted by atomic mass is 14.6. The van der Waals surface area contributed by atoms with Crippen LogP contribution in [0.4, 0.5) is 0 Å². The molecule has 0 aliphatic carbocycles. The van der Waals surface area contributed by atoms with Gasteiger partial charge < -0.3 is 5.73 Å². The quantitative estimate of drug-likeness (QED) is 0.534. The van der Waals surface area contributed by atoms with E-state index in [2.05, 4.69) is 32.1 Å². The molecule has 0 aliphatic heterocycles. The molecule has 0 spiro atoms. The van der Waals surface area contributed by atoms with Crippen LogP contribution in [-0.2, 0) is 0 Å². The van der Waals surface area contributed by atoms with Gasteiger partial charge in [-0.2, -0.15) is 0 Å². The minimum Gasteiger partial charge on any atom is -0.324 e. The molecule has 10 heavy (non-hydrogen) atoms. The maximum absolute atomic E-state index is 5.66. The molecule has 0 fully saturated rings. The second kappa shape index (κ2) is 2.89. The van der Waals surface area contributed by atoms with Crippen LogP contribution in [0.15, 0.2) is 24.3 Å². The van der Waals surface area contributed by atoms with Crippen LogP contribution in [0, 0.1) is 0 Å². The Kier molecular flexibility index (Phi) is 2.12. The minimum absolute atomic E-state index is 0.153. The molecule has 2 heteroatoms. The Morgan fingerprint density at radius 1 is 1.30 bits per heavy atom. The topological polar surface area (TPSA) is 26.0 Å². The molecule has 0 radical (unpaired) electrons. The predicted molar refractivity (Wildman–Crippen MR) is 47.2 cm³/mol. The molecule has 0 unspecified atom stereocenters. The van der Waals surface area contributed by atoms with Gasteiger partial charge in [0.25, 0.3) is 0 Å². The van der Waals surface area contributed by atoms with Gasteiger partial charge in [-0.1, -0.05) is 29.7 Å². The van der Waals surface area contributed by atoms with Crippen molar-refractivity contribution in [3.63, 3.8) is 0 Å². The van der Waals surface area contributed by atoms with Crippen molar-refractivity contribution >= 4 is 13.3 Å². The van der Waals surface area contributed by atoms with E-state index >= 15 is 0 Å². The second-order valence-electron chi connectivity index (χ2n) is 2.70. The van der Waals surface area contributed by atoms with Crippen molar-refractivity contribution in [1.82, 2.24) is 0 Å². The third-order valence-corrected chi connectivity index (χ3v) is 1.60. The van der Waals surface area contributed by atoms with Crippen LogP contribution in [0.3, 0.4) is 0 Å². The van der Waals surface area contributed by atoms with E-state index in [-0.39, 0.29) is 6.04 Å². The summed E-state index contributed by atoms with van der Waals surface area (Å²) >= 11 is 0. The molecule has 52 valence electrons. The Labute approximate surface area is 62.7 Å². The molecule has 1 atom stereocenters. The monoisotopic (exact) mass is 133 g/mol. The Bertz CT molecular complexity index is 203. The van der Waals surface area contributed by atoms with Crippen LogP contribution in [0.2, 0.25) is 0 Å². The summed E-state index contributed by atoms with van der Waals surface area (Å²) < 4.78 is 0. The van der Waals surface area contributed by atoms with Crippen LogP contribution >= 0.6 is 0 Å². The van der Waals surface area contributed by atoms with Crippen molar-refractivity contribution in [3.8, 4) is 0 Å². The number of rotatable bonds is 1. The summed E-state index contributed by atoms with van der Waals surface area (Å²) in [6.07, 6.45) is 0. The molecule has 1 nitrogen and oxygen atoms in total. The van der Waals surface area contributed by atoms with E-state index in [4.69, 9.17) is 5.73 Å². The highest BCUT2D eigenvalue weighted by Gasteiger charge is 1.95. The molecule has 1 rings (SSSR count). The lowest BCUT2D eigenvalue weighted by molar-refractivity contribution is 0.819. The van der Waals surface area contributed by atoms with Gasteiger partial charge in [0.2, 0.25) is 0 Å². The van der Waals surface area contributed by atoms with E-state index in [1.165, 1.54) is 11.0 Å². The molecule has 1 aromatic rings. The Morgan fingerprint density at radius 3 is 2.20 bits per heavy atom. The van der Waals surface area contributed by atoms with Gasteiger partial charge in [-0.25, -0.2) is 0 Å². The zero-order valence-electron chi connectivity index (χ0n) is 6.46. The van der Waals surface area contributed by atoms with Gasteiger partial charge in [-0.05, 0) is 12.5 Å². The maximum atomic E-state index is 5.66. The zero-order valence-corrected chi connectivity index (χ0v) is 6.46. The summed E-state index contributed by atoms with van der Waals surface area (Å²) in [5, 5.41) is 0. The standard InChI is InChI=1S/C8H12BN/c1-6(10)7-2-4-8(9)5-3-7/h2-6H,9-10H2,1H3/t6-/m0/s1. The first kappa shape index (κ1) is 7.35. The summed E-state index contributed by atoms with van der Waals surface area (Å²) in [5.41, 5.74) is 8.15. The molecule has 2 N–H and O–H groups in total. The Morgan fingerprint density at radius 2 is 1.80 bits per heavy atom. The van der Waals surface area contributed by atoms with Crippen LogP contribution < -0.4 is 11.2 Å². The normalized spacial score (nSPS) is 13.0. The van der Waals surface area contributed by atoms with Gasteiger partial charge in [0.1, 0.15) is 7.85 Å². The van der Waals surface area contributed by atoms with E-state index in [0.717, 1.165) is 0 Å². The van der Waals surface area contributed by atoms with Crippen molar-refractivity contribution in [2.75, 3.05) is 0 Å². The molecule has 0 amide bonds. The van der Waals surface area contributed by atoms with Crippen LogP contribution in [-0.4, -0.2) is 7.85 Å². The average molecular weight is 133 g/mol. The zero-order chi connectivity index (χ0) is 7.56. The lowest BCUT2D eigenvalue weighted by Crippen LogP contribution is -2.07. The highest BCUT2D eigenvalue weighted by molar-refractivity contribution is 6.32. The molecule has 0 heterocycles. The number of hydrogen-bond acceptors (Lipinski definition) is 1. The summed E-state index contributed by atoms with van der Waals surface area (Å²) in [5.74, 6) is 0. The van der Waals surface area contributed by atoms with Crippen molar-refractivity contribution < 1.29 is 0 Å². The maximum Gasteiger partial charge on any atom is 0.139 e. The van der Waals surface area contributed by atoms with Gasteiger partial charge in [0, 0.05) is 6.04 Å². The van der Waals surface area contributed by atoms with E-state index in [9.17, 15) is 0 Å². The summed E-state index contributed by atoms with van der Waals surface area (Å²) in [4.78, 5) is 0. The second-order valence-corrected chi connectivity index (χ2v) is 2.70. The largest absolute Gasteiger partial charge is 0.324 e. The average Bonchev–Trinajstić information content (AvgIpc) is 1.88. The fraction of sp³-hybridized carbons (Fsp3) is 0.250. The first-order chi connectivity index (χ1) is 4.70. The summed E-state index contributed by atoms with van der Waals surface area (Å²) in [7, 11) is 2.07. The number of benzene rings is 1. The molecule has 0 saturated heterocycles. The van der Waals surface area contributed by atoms with Crippen molar-refractivity contribution in [1.29, 1.82) is 0 Å². The van der Waals surface area contributed by atoms with E-state index in [1.54, 1.807) is 0 Å². The molecule has 0 aliphatic rings. The van der Waals surface area contributed by atoms with E-state index < -0.39 is 0 Å². The fourth-order valence-corrected chi connectivity index (χ4v) is 0.870. The van der Waals surface area contributed by atoms with Crippen LogP contribution in [0.25, 0.3) is 0 Å². The molecule has 0 aromatic heterocycles. The van der Waals surface area contributed by atoms with Gasteiger partial charge in [-0.15, -0.1) is 0 Å². The molecular formula is C8H12BN. The van der Waals surface area contributed by atoms with Gasteiger partial charge in [0.15, 0.2) is 0 Å². The fourth-order valence-electron chi connectivity index (χ4n) is 0.870. The van der Waals surface area contributed by atoms with E-state index in [1.807, 2.05) is 6.92 Å².